The van der Waals surface area contributed by atoms with Gasteiger partial charge in [-0.25, -0.2) is 0 Å². The Morgan fingerprint density at radius 3 is 2.25 bits per heavy atom. The van der Waals surface area contributed by atoms with Gasteiger partial charge in [-0.3, -0.25) is 9.59 Å². The summed E-state index contributed by atoms with van der Waals surface area (Å²) in [4.78, 5) is 24.8. The zero-order valence-corrected chi connectivity index (χ0v) is 16.5. The summed E-state index contributed by atoms with van der Waals surface area (Å²) in [7, 11) is 0. The van der Waals surface area contributed by atoms with Gasteiger partial charge in [-0.1, -0.05) is 72.4 Å². The van der Waals surface area contributed by atoms with Crippen molar-refractivity contribution in [2.45, 2.75) is 19.8 Å². The number of Topliss-reactive ketones (excluding diaryl/α,β-unsaturated/α-hetero) is 2. The molecule has 0 amide bonds. The maximum Gasteiger partial charge on any atom is 0.173 e. The minimum Gasteiger partial charge on any atom is -0.353 e. The predicted octanol–water partition coefficient (Wildman–Crippen LogP) is 4.59. The van der Waals surface area contributed by atoms with E-state index in [0.717, 1.165) is 11.3 Å². The highest BCUT2D eigenvalue weighted by Crippen LogP contribution is 2.40. The van der Waals surface area contributed by atoms with Crippen molar-refractivity contribution in [1.82, 2.24) is 5.32 Å². The van der Waals surface area contributed by atoms with Crippen LogP contribution in [0.3, 0.4) is 0 Å². The van der Waals surface area contributed by atoms with Crippen LogP contribution in [0.1, 0.15) is 35.7 Å². The maximum atomic E-state index is 12.5. The van der Waals surface area contributed by atoms with Crippen LogP contribution in [0, 0.1) is 11.3 Å². The second-order valence-corrected chi connectivity index (χ2v) is 7.48. The zero-order valence-electron chi connectivity index (χ0n) is 15.7. The second-order valence-electron chi connectivity index (χ2n) is 6.50. The van der Waals surface area contributed by atoms with E-state index in [1.54, 1.807) is 12.1 Å². The van der Waals surface area contributed by atoms with E-state index >= 15 is 0 Å². The third kappa shape index (κ3) is 4.08. The molecular formula is C23H20N2O2S. The van der Waals surface area contributed by atoms with Crippen LogP contribution in [0.25, 0.3) is 0 Å². The minimum absolute atomic E-state index is 0.00699. The molecule has 1 aliphatic heterocycles. The van der Waals surface area contributed by atoms with E-state index in [0.29, 0.717) is 21.7 Å². The fourth-order valence-corrected chi connectivity index (χ4v) is 4.30. The second kappa shape index (κ2) is 8.73. The summed E-state index contributed by atoms with van der Waals surface area (Å²) in [6, 6.07) is 20.9. The van der Waals surface area contributed by atoms with Gasteiger partial charge < -0.3 is 5.32 Å². The van der Waals surface area contributed by atoms with Gasteiger partial charge in [0.1, 0.15) is 0 Å². The highest BCUT2D eigenvalue weighted by atomic mass is 32.2. The first-order chi connectivity index (χ1) is 13.5. The number of nitrogens with zero attached hydrogens (tertiary/aromatic N) is 1. The highest BCUT2D eigenvalue weighted by molar-refractivity contribution is 8.03. The molecule has 0 spiro atoms. The first-order valence-electron chi connectivity index (χ1n) is 8.92. The summed E-state index contributed by atoms with van der Waals surface area (Å²) in [6.07, 6.45) is 0. The van der Waals surface area contributed by atoms with E-state index in [9.17, 15) is 14.9 Å². The van der Waals surface area contributed by atoms with Crippen LogP contribution in [0.5, 0.6) is 0 Å². The van der Waals surface area contributed by atoms with E-state index in [1.165, 1.54) is 18.7 Å². The smallest absolute Gasteiger partial charge is 0.173 e. The molecule has 1 N–H and O–H groups in total. The number of rotatable bonds is 6. The van der Waals surface area contributed by atoms with Gasteiger partial charge in [0.2, 0.25) is 0 Å². The molecule has 5 heteroatoms. The molecule has 1 aliphatic rings. The SMILES string of the molecule is CC(=O)C1=C(C)NC(SCC(=O)c2ccccc2)=C(C#N)[C@@H]1c1ccccc1. The van der Waals surface area contributed by atoms with E-state index in [4.69, 9.17) is 0 Å². The largest absolute Gasteiger partial charge is 0.353 e. The van der Waals surface area contributed by atoms with Crippen molar-refractivity contribution in [3.8, 4) is 6.07 Å². The van der Waals surface area contributed by atoms with Crippen LogP contribution in [0.15, 0.2) is 82.5 Å². The third-order valence-electron chi connectivity index (χ3n) is 4.60. The van der Waals surface area contributed by atoms with Crippen LogP contribution in [0.4, 0.5) is 0 Å². The average Bonchev–Trinajstić information content (AvgIpc) is 2.72. The number of carbonyl (C=O) groups excluding carboxylic acids is 2. The number of hydrogen-bond donors (Lipinski definition) is 1. The number of ketones is 2. The summed E-state index contributed by atoms with van der Waals surface area (Å²) < 4.78 is 0. The molecule has 0 unspecified atom stereocenters. The molecule has 0 saturated heterocycles. The van der Waals surface area contributed by atoms with Gasteiger partial charge in [-0.05, 0) is 19.4 Å². The van der Waals surface area contributed by atoms with E-state index in [1.807, 2.05) is 55.5 Å². The molecule has 1 atom stereocenters. The summed E-state index contributed by atoms with van der Waals surface area (Å²) >= 11 is 1.30. The summed E-state index contributed by atoms with van der Waals surface area (Å²) in [5.41, 5.74) is 3.29. The van der Waals surface area contributed by atoms with Crippen LogP contribution in [-0.2, 0) is 4.79 Å². The van der Waals surface area contributed by atoms with Crippen molar-refractivity contribution in [2.75, 3.05) is 5.75 Å². The van der Waals surface area contributed by atoms with Crippen molar-refractivity contribution in [3.05, 3.63) is 93.7 Å². The summed E-state index contributed by atoms with van der Waals surface area (Å²) in [5, 5.41) is 13.7. The fourth-order valence-electron chi connectivity index (χ4n) is 3.32. The Kier molecular flexibility index (Phi) is 6.13. The lowest BCUT2D eigenvalue weighted by Crippen LogP contribution is -2.27. The first kappa shape index (κ1) is 19.7. The molecule has 140 valence electrons. The predicted molar refractivity (Wildman–Crippen MR) is 112 cm³/mol. The number of allylic oxidation sites excluding steroid dienone is 3. The Labute approximate surface area is 169 Å². The maximum absolute atomic E-state index is 12.5. The number of benzene rings is 2. The zero-order chi connectivity index (χ0) is 20.1. The average molecular weight is 388 g/mol. The fraction of sp³-hybridized carbons (Fsp3) is 0.174. The third-order valence-corrected chi connectivity index (χ3v) is 5.62. The topological polar surface area (TPSA) is 70.0 Å². The monoisotopic (exact) mass is 388 g/mol. The molecule has 1 heterocycles. The van der Waals surface area contributed by atoms with Crippen molar-refractivity contribution in [1.29, 1.82) is 5.26 Å². The number of dihydropyridines is 1. The van der Waals surface area contributed by atoms with Gasteiger partial charge >= 0.3 is 0 Å². The van der Waals surface area contributed by atoms with Gasteiger partial charge in [0.25, 0.3) is 0 Å². The lowest BCUT2D eigenvalue weighted by atomic mass is 9.81. The van der Waals surface area contributed by atoms with Gasteiger partial charge in [0, 0.05) is 16.8 Å². The Hall–Kier alpha value is -3.10. The van der Waals surface area contributed by atoms with Crippen LogP contribution in [-0.4, -0.2) is 17.3 Å². The molecule has 2 aromatic carbocycles. The molecule has 3 rings (SSSR count). The van der Waals surface area contributed by atoms with Crippen molar-refractivity contribution < 1.29 is 9.59 Å². The Bertz CT molecular complexity index is 1000. The van der Waals surface area contributed by atoms with Gasteiger partial charge in [-0.15, -0.1) is 0 Å². The van der Waals surface area contributed by atoms with Gasteiger partial charge in [0.15, 0.2) is 11.6 Å². The summed E-state index contributed by atoms with van der Waals surface area (Å²) in [6.45, 7) is 3.35. The van der Waals surface area contributed by atoms with Crippen LogP contribution in [0.2, 0.25) is 0 Å². The Balaban J connectivity index is 1.95. The summed E-state index contributed by atoms with van der Waals surface area (Å²) in [5.74, 6) is -0.301. The molecule has 2 aromatic rings. The van der Waals surface area contributed by atoms with Gasteiger partial charge in [-0.2, -0.15) is 5.26 Å². The number of carbonyl (C=O) groups is 2. The molecular weight excluding hydrogens is 368 g/mol. The van der Waals surface area contributed by atoms with E-state index < -0.39 is 5.92 Å². The first-order valence-corrected chi connectivity index (χ1v) is 9.90. The number of nitriles is 1. The standard InChI is InChI=1S/C23H20N2O2S/c1-15-21(16(2)26)22(18-11-7-4-8-12-18)19(13-24)23(25-15)28-14-20(27)17-9-5-3-6-10-17/h3-12,22,25H,14H2,1-2H3/t22-/m0/s1. The van der Waals surface area contributed by atoms with E-state index in [-0.39, 0.29) is 17.3 Å². The van der Waals surface area contributed by atoms with Crippen LogP contribution >= 0.6 is 11.8 Å². The molecule has 0 fully saturated rings. The van der Waals surface area contributed by atoms with Crippen molar-refractivity contribution >= 4 is 23.3 Å². The van der Waals surface area contributed by atoms with Crippen molar-refractivity contribution in [2.24, 2.45) is 0 Å². The van der Waals surface area contributed by atoms with E-state index in [2.05, 4.69) is 11.4 Å². The Morgan fingerprint density at radius 2 is 1.68 bits per heavy atom. The lowest BCUT2D eigenvalue weighted by molar-refractivity contribution is -0.113. The molecule has 0 aliphatic carbocycles. The Morgan fingerprint density at radius 1 is 1.07 bits per heavy atom. The lowest BCUT2D eigenvalue weighted by Gasteiger charge is -2.29. The minimum atomic E-state index is -0.431. The molecule has 0 radical (unpaired) electrons. The number of hydrogen-bond acceptors (Lipinski definition) is 5. The normalized spacial score (nSPS) is 16.4. The highest BCUT2D eigenvalue weighted by Gasteiger charge is 2.33. The molecule has 0 aromatic heterocycles. The molecule has 0 saturated carbocycles. The number of nitrogens with one attached hydrogen (secondary N) is 1. The molecule has 0 bridgehead atoms. The van der Waals surface area contributed by atoms with Crippen LogP contribution < -0.4 is 5.32 Å². The molecule has 4 nitrogen and oxygen atoms in total. The van der Waals surface area contributed by atoms with Crippen molar-refractivity contribution in [3.63, 3.8) is 0 Å². The molecule has 28 heavy (non-hydrogen) atoms. The quantitative estimate of drug-likeness (QED) is 0.733. The number of thioether (sulfide) groups is 1. The van der Waals surface area contributed by atoms with Gasteiger partial charge in [0.05, 0.1) is 28.3 Å².